The van der Waals surface area contributed by atoms with Gasteiger partial charge in [0.25, 0.3) is 0 Å². The Morgan fingerprint density at radius 1 is 1.13 bits per heavy atom. The minimum absolute atomic E-state index is 0.000159. The van der Waals surface area contributed by atoms with Gasteiger partial charge in [0.2, 0.25) is 5.91 Å². The van der Waals surface area contributed by atoms with Crippen molar-refractivity contribution >= 4 is 11.9 Å². The number of ether oxygens (including phenoxy) is 1. The number of hydrogen-bond acceptors (Lipinski definition) is 4. The predicted molar refractivity (Wildman–Crippen MR) is 121 cm³/mol. The number of piperazine rings is 1. The van der Waals surface area contributed by atoms with Crippen molar-refractivity contribution in [3.63, 3.8) is 0 Å². The number of rotatable bonds is 7. The van der Waals surface area contributed by atoms with Gasteiger partial charge in [-0.2, -0.15) is 0 Å². The molecule has 2 aliphatic heterocycles. The number of guanidine groups is 1. The molecule has 1 atom stereocenters. The number of carbonyl (C=O) groups is 1. The van der Waals surface area contributed by atoms with Crippen molar-refractivity contribution < 1.29 is 9.53 Å². The van der Waals surface area contributed by atoms with Crippen molar-refractivity contribution in [2.24, 2.45) is 4.99 Å². The number of aliphatic imine (C=N–C) groups is 1. The summed E-state index contributed by atoms with van der Waals surface area (Å²) in [6, 6.07) is 8.12. The third-order valence-corrected chi connectivity index (χ3v) is 5.65. The van der Waals surface area contributed by atoms with E-state index in [1.165, 1.54) is 5.56 Å². The van der Waals surface area contributed by atoms with E-state index in [0.717, 1.165) is 70.4 Å². The van der Waals surface area contributed by atoms with Crippen LogP contribution in [0.15, 0.2) is 29.3 Å². The van der Waals surface area contributed by atoms with E-state index >= 15 is 0 Å². The quantitative estimate of drug-likeness (QED) is 0.545. The Balaban J connectivity index is 1.47. The molecule has 0 bridgehead atoms. The highest BCUT2D eigenvalue weighted by Gasteiger charge is 2.24. The molecule has 7 nitrogen and oxygen atoms in total. The summed E-state index contributed by atoms with van der Waals surface area (Å²) in [6.07, 6.45) is 2.29. The molecule has 0 radical (unpaired) electrons. The molecule has 2 saturated heterocycles. The molecule has 3 rings (SSSR count). The van der Waals surface area contributed by atoms with Crippen molar-refractivity contribution in [1.29, 1.82) is 0 Å². The predicted octanol–water partition coefficient (Wildman–Crippen LogP) is 1.97. The first kappa shape index (κ1) is 22.4. The average molecular weight is 416 g/mol. The van der Waals surface area contributed by atoms with Gasteiger partial charge in [-0.1, -0.05) is 12.1 Å². The first-order valence-corrected chi connectivity index (χ1v) is 11.3. The summed E-state index contributed by atoms with van der Waals surface area (Å²) >= 11 is 0. The van der Waals surface area contributed by atoms with Crippen LogP contribution in [-0.4, -0.2) is 91.6 Å². The maximum atomic E-state index is 12.4. The summed E-state index contributed by atoms with van der Waals surface area (Å²) in [7, 11) is 0. The highest BCUT2D eigenvalue weighted by molar-refractivity contribution is 5.80. The fourth-order valence-corrected chi connectivity index (χ4v) is 3.97. The Bertz CT molecular complexity index is 709. The number of nitrogens with one attached hydrogen (secondary N) is 1. The summed E-state index contributed by atoms with van der Waals surface area (Å²) in [4.78, 5) is 23.8. The van der Waals surface area contributed by atoms with Crippen molar-refractivity contribution in [3.05, 3.63) is 29.8 Å². The van der Waals surface area contributed by atoms with E-state index in [4.69, 9.17) is 9.73 Å². The van der Waals surface area contributed by atoms with E-state index in [1.54, 1.807) is 0 Å². The minimum Gasteiger partial charge on any atom is -0.489 e. The molecule has 1 unspecified atom stereocenters. The second-order valence-corrected chi connectivity index (χ2v) is 8.29. The van der Waals surface area contributed by atoms with Gasteiger partial charge in [-0.15, -0.1) is 0 Å². The van der Waals surface area contributed by atoms with Crippen LogP contribution in [-0.2, 0) is 4.79 Å². The fraction of sp³-hybridized carbons (Fsp3) is 0.652. The van der Waals surface area contributed by atoms with Crippen LogP contribution in [0.4, 0.5) is 0 Å². The summed E-state index contributed by atoms with van der Waals surface area (Å²) in [5.74, 6) is 2.10. The van der Waals surface area contributed by atoms with E-state index in [9.17, 15) is 4.79 Å². The lowest BCUT2D eigenvalue weighted by molar-refractivity contribution is -0.131. The Morgan fingerprint density at radius 2 is 1.87 bits per heavy atom. The number of aryl methyl sites for hydroxylation is 1. The summed E-state index contributed by atoms with van der Waals surface area (Å²) < 4.78 is 6.02. The molecule has 2 aliphatic rings. The smallest absolute Gasteiger partial charge is 0.236 e. The Labute approximate surface area is 181 Å². The van der Waals surface area contributed by atoms with Crippen LogP contribution in [0.1, 0.15) is 32.3 Å². The summed E-state index contributed by atoms with van der Waals surface area (Å²) in [6.45, 7) is 13.6. The maximum Gasteiger partial charge on any atom is 0.236 e. The molecule has 2 heterocycles. The lowest BCUT2D eigenvalue weighted by atomic mass is 10.2. The van der Waals surface area contributed by atoms with Crippen LogP contribution in [0.2, 0.25) is 0 Å². The standard InChI is InChI=1S/C23H37N5O2/c1-4-24-23(25-17-20(3)30-21-9-7-8-19(2)16-21)28-14-12-26(13-15-28)18-22(29)27-10-5-6-11-27/h7-9,16,20H,4-6,10-15,17-18H2,1-3H3,(H,24,25). The van der Waals surface area contributed by atoms with Crippen LogP contribution in [0, 0.1) is 6.92 Å². The normalized spacial score (nSPS) is 19.1. The molecule has 1 amide bonds. The third-order valence-electron chi connectivity index (χ3n) is 5.65. The van der Waals surface area contributed by atoms with Gasteiger partial charge in [-0.25, -0.2) is 4.99 Å². The molecular weight excluding hydrogens is 378 g/mol. The van der Waals surface area contributed by atoms with Gasteiger partial charge in [0.1, 0.15) is 11.9 Å². The number of hydrogen-bond donors (Lipinski definition) is 1. The number of nitrogens with zero attached hydrogens (tertiary/aromatic N) is 4. The molecular formula is C23H37N5O2. The van der Waals surface area contributed by atoms with Crippen LogP contribution in [0.25, 0.3) is 0 Å². The Kier molecular flexibility index (Phi) is 8.37. The minimum atomic E-state index is -0.000159. The number of carbonyl (C=O) groups excluding carboxylic acids is 1. The van der Waals surface area contributed by atoms with Gasteiger partial charge >= 0.3 is 0 Å². The topological polar surface area (TPSA) is 60.4 Å². The van der Waals surface area contributed by atoms with Crippen molar-refractivity contribution in [1.82, 2.24) is 20.0 Å². The van der Waals surface area contributed by atoms with Gasteiger partial charge in [-0.05, 0) is 51.3 Å². The van der Waals surface area contributed by atoms with Gasteiger partial charge in [0.05, 0.1) is 13.1 Å². The molecule has 1 aromatic rings. The molecule has 0 spiro atoms. The lowest BCUT2D eigenvalue weighted by Gasteiger charge is -2.36. The highest BCUT2D eigenvalue weighted by atomic mass is 16.5. The van der Waals surface area contributed by atoms with E-state index in [0.29, 0.717) is 13.1 Å². The average Bonchev–Trinajstić information content (AvgIpc) is 3.27. The van der Waals surface area contributed by atoms with Gasteiger partial charge in [0.15, 0.2) is 5.96 Å². The SMILES string of the molecule is CCNC(=NCC(C)Oc1cccc(C)c1)N1CCN(CC(=O)N2CCCC2)CC1. The zero-order valence-electron chi connectivity index (χ0n) is 18.8. The van der Waals surface area contributed by atoms with Crippen LogP contribution in [0.3, 0.4) is 0 Å². The fourth-order valence-electron chi connectivity index (χ4n) is 3.97. The van der Waals surface area contributed by atoms with Gasteiger partial charge in [0, 0.05) is 45.8 Å². The van der Waals surface area contributed by atoms with Crippen molar-refractivity contribution in [2.45, 2.75) is 39.7 Å². The molecule has 1 N–H and O–H groups in total. The Hall–Kier alpha value is -2.28. The molecule has 7 heteroatoms. The monoisotopic (exact) mass is 415 g/mol. The van der Waals surface area contributed by atoms with E-state index in [2.05, 4.69) is 42.0 Å². The molecule has 166 valence electrons. The van der Waals surface area contributed by atoms with E-state index in [1.807, 2.05) is 23.1 Å². The molecule has 0 saturated carbocycles. The van der Waals surface area contributed by atoms with Crippen molar-refractivity contribution in [3.8, 4) is 5.75 Å². The molecule has 30 heavy (non-hydrogen) atoms. The zero-order chi connectivity index (χ0) is 21.3. The first-order chi connectivity index (χ1) is 14.5. The number of benzene rings is 1. The van der Waals surface area contributed by atoms with Gasteiger partial charge < -0.3 is 19.9 Å². The maximum absolute atomic E-state index is 12.4. The van der Waals surface area contributed by atoms with Crippen LogP contribution >= 0.6 is 0 Å². The van der Waals surface area contributed by atoms with E-state index < -0.39 is 0 Å². The highest BCUT2D eigenvalue weighted by Crippen LogP contribution is 2.14. The summed E-state index contributed by atoms with van der Waals surface area (Å²) in [5.41, 5.74) is 1.19. The lowest BCUT2D eigenvalue weighted by Crippen LogP contribution is -2.54. The molecule has 0 aromatic heterocycles. The van der Waals surface area contributed by atoms with E-state index in [-0.39, 0.29) is 12.0 Å². The zero-order valence-corrected chi connectivity index (χ0v) is 18.8. The molecule has 1 aromatic carbocycles. The first-order valence-electron chi connectivity index (χ1n) is 11.3. The van der Waals surface area contributed by atoms with Crippen LogP contribution in [0.5, 0.6) is 5.75 Å². The van der Waals surface area contributed by atoms with Gasteiger partial charge in [-0.3, -0.25) is 9.69 Å². The third kappa shape index (κ3) is 6.62. The Morgan fingerprint density at radius 3 is 2.53 bits per heavy atom. The number of likely N-dealkylation sites (tertiary alicyclic amines) is 1. The number of amides is 1. The largest absolute Gasteiger partial charge is 0.489 e. The van der Waals surface area contributed by atoms with Crippen molar-refractivity contribution in [2.75, 3.05) is 58.9 Å². The second-order valence-electron chi connectivity index (χ2n) is 8.29. The van der Waals surface area contributed by atoms with Crippen LogP contribution < -0.4 is 10.1 Å². The summed E-state index contributed by atoms with van der Waals surface area (Å²) in [5, 5.41) is 3.41. The molecule has 0 aliphatic carbocycles. The second kappa shape index (κ2) is 11.2. The molecule has 2 fully saturated rings.